The number of methoxy groups -OCH3 is 1. The first-order valence-corrected chi connectivity index (χ1v) is 13.9. The van der Waals surface area contributed by atoms with Gasteiger partial charge < -0.3 is 20.5 Å². The molecule has 8 nitrogen and oxygen atoms in total. The van der Waals surface area contributed by atoms with Crippen LogP contribution in [-0.4, -0.2) is 46.2 Å². The number of nitrogens with one attached hydrogen (secondary N) is 2. The Balaban J connectivity index is 0.000000236. The second-order valence-electron chi connectivity index (χ2n) is 9.92. The van der Waals surface area contributed by atoms with Crippen LogP contribution in [0.5, 0.6) is 0 Å². The van der Waals surface area contributed by atoms with Crippen LogP contribution in [0.3, 0.4) is 0 Å². The summed E-state index contributed by atoms with van der Waals surface area (Å²) in [5.41, 5.74) is 1.74. The van der Waals surface area contributed by atoms with Crippen LogP contribution < -0.4 is 10.6 Å². The minimum atomic E-state index is -1.07. The zero-order valence-electron chi connectivity index (χ0n) is 24.8. The predicted octanol–water partition coefficient (Wildman–Crippen LogP) is 7.68. The van der Waals surface area contributed by atoms with Gasteiger partial charge in [-0.3, -0.25) is 0 Å². The molecule has 0 aliphatic rings. The van der Waals surface area contributed by atoms with Gasteiger partial charge in [-0.1, -0.05) is 38.1 Å². The van der Waals surface area contributed by atoms with Gasteiger partial charge in [0, 0.05) is 23.2 Å². The third-order valence-electron chi connectivity index (χ3n) is 6.63. The van der Waals surface area contributed by atoms with Gasteiger partial charge in [0.2, 0.25) is 0 Å². The first kappa shape index (κ1) is 32.7. The van der Waals surface area contributed by atoms with Crippen molar-refractivity contribution in [2.24, 2.45) is 0 Å². The number of anilines is 2. The second-order valence-corrected chi connectivity index (χ2v) is 9.92. The summed E-state index contributed by atoms with van der Waals surface area (Å²) in [5.74, 6) is -1.40. The highest BCUT2D eigenvalue weighted by atomic mass is 19.1. The first-order chi connectivity index (χ1) is 20.6. The largest absolute Gasteiger partial charge is 0.478 e. The third-order valence-corrected chi connectivity index (χ3v) is 6.63. The molecule has 3 N–H and O–H groups in total. The Labute approximate surface area is 250 Å². The van der Waals surface area contributed by atoms with Gasteiger partial charge >= 0.3 is 11.9 Å². The Morgan fingerprint density at radius 2 is 1.19 bits per heavy atom. The summed E-state index contributed by atoms with van der Waals surface area (Å²) in [6, 6.07) is 18.8. The van der Waals surface area contributed by atoms with E-state index in [2.05, 4.69) is 20.6 Å². The number of pyridine rings is 2. The molecule has 4 aromatic rings. The quantitative estimate of drug-likeness (QED) is 0.161. The molecule has 2 aromatic carbocycles. The molecular weight excluding hydrogens is 554 g/mol. The average Bonchev–Trinajstić information content (AvgIpc) is 3.00. The Hall–Kier alpha value is -4.86. The molecule has 0 unspecified atom stereocenters. The molecule has 0 saturated carbocycles. The number of carbonyl (C=O) groups excluding carboxylic acids is 1. The van der Waals surface area contributed by atoms with E-state index in [4.69, 9.17) is 4.74 Å². The lowest BCUT2D eigenvalue weighted by Crippen LogP contribution is -2.15. The smallest absolute Gasteiger partial charge is 0.338 e. The lowest BCUT2D eigenvalue weighted by molar-refractivity contribution is 0.0599. The van der Waals surface area contributed by atoms with Crippen LogP contribution >= 0.6 is 0 Å². The summed E-state index contributed by atoms with van der Waals surface area (Å²) >= 11 is 0. The normalized spacial score (nSPS) is 11.9. The number of nitrogens with zero attached hydrogens (tertiary/aromatic N) is 2. The van der Waals surface area contributed by atoms with Crippen LogP contribution in [0.15, 0.2) is 72.8 Å². The van der Waals surface area contributed by atoms with E-state index in [1.807, 2.05) is 27.7 Å². The first-order valence-electron chi connectivity index (χ1n) is 13.9. The highest BCUT2D eigenvalue weighted by Crippen LogP contribution is 2.26. The summed E-state index contributed by atoms with van der Waals surface area (Å²) in [6.45, 7) is 8.03. The molecule has 43 heavy (non-hydrogen) atoms. The molecule has 0 fully saturated rings. The molecule has 4 rings (SSSR count). The van der Waals surface area contributed by atoms with E-state index >= 15 is 0 Å². The highest BCUT2D eigenvalue weighted by molar-refractivity contribution is 5.92. The monoisotopic (exact) mass is 590 g/mol. The van der Waals surface area contributed by atoms with Crippen LogP contribution in [-0.2, 0) is 4.74 Å². The van der Waals surface area contributed by atoms with Gasteiger partial charge in [0.25, 0.3) is 0 Å². The fourth-order valence-corrected chi connectivity index (χ4v) is 3.89. The zero-order chi connectivity index (χ0) is 31.5. The second kappa shape index (κ2) is 15.4. The van der Waals surface area contributed by atoms with Crippen molar-refractivity contribution in [3.63, 3.8) is 0 Å². The van der Waals surface area contributed by atoms with E-state index in [9.17, 15) is 23.5 Å². The van der Waals surface area contributed by atoms with Gasteiger partial charge in [0.05, 0.1) is 29.6 Å². The van der Waals surface area contributed by atoms with Crippen LogP contribution in [0.2, 0.25) is 0 Å². The number of benzene rings is 2. The van der Waals surface area contributed by atoms with Crippen LogP contribution in [0.25, 0.3) is 22.5 Å². The Kier molecular flexibility index (Phi) is 11.7. The van der Waals surface area contributed by atoms with Crippen LogP contribution in [0.4, 0.5) is 20.4 Å². The molecule has 2 aromatic heterocycles. The van der Waals surface area contributed by atoms with Crippen LogP contribution in [0.1, 0.15) is 61.3 Å². The van der Waals surface area contributed by atoms with Crippen molar-refractivity contribution in [2.75, 3.05) is 17.7 Å². The molecule has 0 spiro atoms. The van der Waals surface area contributed by atoms with E-state index < -0.39 is 17.8 Å². The van der Waals surface area contributed by atoms with Crippen molar-refractivity contribution in [1.29, 1.82) is 0 Å². The lowest BCUT2D eigenvalue weighted by atomic mass is 10.1. The average molecular weight is 591 g/mol. The fraction of sp³-hybridized carbons (Fsp3) is 0.273. The Morgan fingerprint density at radius 1 is 0.767 bits per heavy atom. The number of aromatic nitrogens is 2. The van der Waals surface area contributed by atoms with Crippen LogP contribution in [0, 0.1) is 11.6 Å². The van der Waals surface area contributed by atoms with E-state index in [-0.39, 0.29) is 29.0 Å². The SMILES string of the molecule is CC[C@H](C)Nc1cc(C(=O)O)cc(-c2ccccc2F)n1.CC[C@H](C)Nc1cc(C(=O)OC)cc(-c2ccccc2F)n1. The van der Waals surface area contributed by atoms with Gasteiger partial charge in [0.15, 0.2) is 0 Å². The minimum Gasteiger partial charge on any atom is -0.478 e. The number of carbonyl (C=O) groups is 2. The zero-order valence-corrected chi connectivity index (χ0v) is 24.8. The number of carboxylic acids is 1. The summed E-state index contributed by atoms with van der Waals surface area (Å²) in [6.07, 6.45) is 1.77. The predicted molar refractivity (Wildman–Crippen MR) is 164 cm³/mol. The number of hydrogen-bond acceptors (Lipinski definition) is 7. The highest BCUT2D eigenvalue weighted by Gasteiger charge is 2.15. The number of hydrogen-bond donors (Lipinski definition) is 3. The topological polar surface area (TPSA) is 113 Å². The summed E-state index contributed by atoms with van der Waals surface area (Å²) in [5, 5.41) is 15.5. The van der Waals surface area contributed by atoms with Crippen molar-refractivity contribution in [3.05, 3.63) is 95.6 Å². The maximum absolute atomic E-state index is 14.0. The summed E-state index contributed by atoms with van der Waals surface area (Å²) < 4.78 is 32.6. The number of ether oxygens (including phenoxy) is 1. The standard InChI is InChI=1S/C17H19FN2O2.C16H17FN2O2/c1-4-11(2)19-16-10-12(17(21)22-3)9-15(20-16)13-7-5-6-8-14(13)18;1-3-10(2)18-15-9-11(16(20)21)8-14(19-15)12-6-4-5-7-13(12)17/h5-11H,4H2,1-3H3,(H,19,20);4-10H,3H2,1-2H3,(H,18,19)(H,20,21)/t11-;10-/m00/s1. The van der Waals surface area contributed by atoms with Gasteiger partial charge in [0.1, 0.15) is 23.3 Å². The van der Waals surface area contributed by atoms with E-state index in [1.54, 1.807) is 42.5 Å². The number of rotatable bonds is 10. The molecule has 226 valence electrons. The molecule has 0 saturated heterocycles. The lowest BCUT2D eigenvalue weighted by Gasteiger charge is -2.14. The van der Waals surface area contributed by atoms with Crippen molar-refractivity contribution < 1.29 is 28.2 Å². The van der Waals surface area contributed by atoms with E-state index in [1.165, 1.54) is 37.4 Å². The van der Waals surface area contributed by atoms with E-state index in [0.717, 1.165) is 12.8 Å². The maximum Gasteiger partial charge on any atom is 0.338 e. The number of aromatic carboxylic acids is 1. The Morgan fingerprint density at radius 3 is 1.58 bits per heavy atom. The summed E-state index contributed by atoms with van der Waals surface area (Å²) in [7, 11) is 1.31. The molecule has 0 bridgehead atoms. The molecule has 0 amide bonds. The molecular formula is C33H36F2N4O4. The summed E-state index contributed by atoms with van der Waals surface area (Å²) in [4.78, 5) is 31.8. The molecule has 0 aliphatic carbocycles. The third kappa shape index (κ3) is 9.06. The van der Waals surface area contributed by atoms with E-state index in [0.29, 0.717) is 34.2 Å². The molecule has 0 radical (unpaired) electrons. The number of halogens is 2. The van der Waals surface area contributed by atoms with Gasteiger partial charge in [-0.2, -0.15) is 0 Å². The number of carboxylic acid groups (broad SMARTS) is 1. The Bertz CT molecular complexity index is 1560. The number of esters is 1. The van der Waals surface area contributed by atoms with Crippen molar-refractivity contribution in [3.8, 4) is 22.5 Å². The molecule has 10 heteroatoms. The molecule has 2 atom stereocenters. The minimum absolute atomic E-state index is 0.0778. The van der Waals surface area contributed by atoms with Crippen molar-refractivity contribution >= 4 is 23.6 Å². The molecule has 0 aliphatic heterocycles. The molecule has 2 heterocycles. The maximum atomic E-state index is 14.0. The van der Waals surface area contributed by atoms with Gasteiger partial charge in [-0.05, 0) is 75.2 Å². The fourth-order valence-electron chi connectivity index (χ4n) is 3.89. The van der Waals surface area contributed by atoms with Crippen molar-refractivity contribution in [2.45, 2.75) is 52.6 Å². The van der Waals surface area contributed by atoms with Gasteiger partial charge in [-0.15, -0.1) is 0 Å². The van der Waals surface area contributed by atoms with Gasteiger partial charge in [-0.25, -0.2) is 28.3 Å². The van der Waals surface area contributed by atoms with Crippen molar-refractivity contribution in [1.82, 2.24) is 9.97 Å².